The number of likely N-dealkylation sites (N-methyl/N-ethyl adjacent to an activating group) is 1. The van der Waals surface area contributed by atoms with Crippen LogP contribution >= 0.6 is 0 Å². The molecule has 1 fully saturated rings. The normalized spacial score (nSPS) is 20.7. The maximum atomic E-state index is 13.3. The first-order valence-electron chi connectivity index (χ1n) is 9.21. The average Bonchev–Trinajstić information content (AvgIpc) is 3.17. The molecular weight excluding hydrogens is 365 g/mol. The van der Waals surface area contributed by atoms with Crippen LogP contribution in [0, 0.1) is 5.95 Å². The van der Waals surface area contributed by atoms with Crippen LogP contribution in [0.25, 0.3) is 0 Å². The molecule has 148 valence electrons. The fourth-order valence-electron chi connectivity index (χ4n) is 3.94. The molecule has 2 aromatic heterocycles. The van der Waals surface area contributed by atoms with Gasteiger partial charge in [-0.1, -0.05) is 0 Å². The molecule has 1 atom stereocenters. The van der Waals surface area contributed by atoms with Crippen molar-refractivity contribution in [3.05, 3.63) is 48.1 Å². The summed E-state index contributed by atoms with van der Waals surface area (Å²) in [5, 5.41) is 0. The third-order valence-electron chi connectivity index (χ3n) is 5.40. The number of imidazole rings is 1. The molecule has 0 saturated carbocycles. The summed E-state index contributed by atoms with van der Waals surface area (Å²) in [6.07, 6.45) is 5.29. The number of aromatic nitrogens is 3. The predicted molar refractivity (Wildman–Crippen MR) is 96.8 cm³/mol. The molecule has 1 spiro atoms. The lowest BCUT2D eigenvalue weighted by Gasteiger charge is -2.45. The van der Waals surface area contributed by atoms with E-state index in [0.717, 1.165) is 11.9 Å². The number of carbonyl (C=O) groups is 2. The highest BCUT2D eigenvalue weighted by atomic mass is 19.1. The Hall–Kier alpha value is -2.81. The van der Waals surface area contributed by atoms with Gasteiger partial charge in [0.2, 0.25) is 5.95 Å². The standard InChI is InChI=1S/C19H22FN5O3/c1-23(2)17(27)14-12-25-10-7-22-18(25)19(28-14)4-8-24(9-5-19)16(26)13-3-6-21-15(20)11-13/h3,6-7,10-11,14H,4-5,8-9,12H2,1-2H3. The van der Waals surface area contributed by atoms with Crippen LogP contribution in [0.3, 0.4) is 0 Å². The van der Waals surface area contributed by atoms with Crippen LogP contribution in [-0.4, -0.2) is 69.4 Å². The first kappa shape index (κ1) is 18.5. The molecule has 1 saturated heterocycles. The third kappa shape index (κ3) is 3.15. The zero-order chi connectivity index (χ0) is 19.9. The molecule has 8 nitrogen and oxygen atoms in total. The van der Waals surface area contributed by atoms with Gasteiger partial charge in [-0.15, -0.1) is 0 Å². The minimum absolute atomic E-state index is 0.0931. The van der Waals surface area contributed by atoms with Crippen molar-refractivity contribution in [3.63, 3.8) is 0 Å². The van der Waals surface area contributed by atoms with Gasteiger partial charge in [0.25, 0.3) is 11.8 Å². The average molecular weight is 387 g/mol. The number of likely N-dealkylation sites (tertiary alicyclic amines) is 1. The number of hydrogen-bond donors (Lipinski definition) is 0. The van der Waals surface area contributed by atoms with E-state index in [4.69, 9.17) is 4.74 Å². The molecule has 2 aromatic rings. The van der Waals surface area contributed by atoms with Crippen molar-refractivity contribution in [2.45, 2.75) is 31.1 Å². The Morgan fingerprint density at radius 1 is 1.25 bits per heavy atom. The number of halogens is 1. The number of hydrogen-bond acceptors (Lipinski definition) is 5. The second-order valence-electron chi connectivity index (χ2n) is 7.40. The number of ether oxygens (including phenoxy) is 1. The summed E-state index contributed by atoms with van der Waals surface area (Å²) < 4.78 is 21.6. The van der Waals surface area contributed by atoms with E-state index in [-0.39, 0.29) is 17.4 Å². The third-order valence-corrected chi connectivity index (χ3v) is 5.40. The lowest BCUT2D eigenvalue weighted by atomic mass is 9.88. The molecule has 2 aliphatic rings. The van der Waals surface area contributed by atoms with Crippen molar-refractivity contribution in [3.8, 4) is 0 Å². The summed E-state index contributed by atoms with van der Waals surface area (Å²) >= 11 is 0. The minimum atomic E-state index is -0.710. The number of piperidine rings is 1. The van der Waals surface area contributed by atoms with E-state index in [1.165, 1.54) is 17.2 Å². The first-order chi connectivity index (χ1) is 13.4. The Kier molecular flexibility index (Phi) is 4.62. The van der Waals surface area contributed by atoms with Gasteiger partial charge in [0.05, 0.1) is 6.54 Å². The predicted octanol–water partition coefficient (Wildman–Crippen LogP) is 1.04. The fraction of sp³-hybridized carbons (Fsp3) is 0.474. The van der Waals surface area contributed by atoms with Gasteiger partial charge < -0.3 is 19.1 Å². The highest BCUT2D eigenvalue weighted by Crippen LogP contribution is 2.40. The molecule has 2 amide bonds. The Morgan fingerprint density at radius 3 is 2.68 bits per heavy atom. The summed E-state index contributed by atoms with van der Waals surface area (Å²) in [5.74, 6) is -0.222. The minimum Gasteiger partial charge on any atom is -0.352 e. The van der Waals surface area contributed by atoms with Crippen molar-refractivity contribution in [1.82, 2.24) is 24.3 Å². The van der Waals surface area contributed by atoms with Gasteiger partial charge >= 0.3 is 0 Å². The summed E-state index contributed by atoms with van der Waals surface area (Å²) in [5.41, 5.74) is -0.437. The number of pyridine rings is 1. The molecule has 0 aromatic carbocycles. The van der Waals surface area contributed by atoms with E-state index in [1.54, 1.807) is 25.2 Å². The van der Waals surface area contributed by atoms with Crippen LogP contribution in [-0.2, 0) is 21.7 Å². The summed E-state index contributed by atoms with van der Waals surface area (Å²) in [6.45, 7) is 1.28. The molecule has 0 bridgehead atoms. The van der Waals surface area contributed by atoms with Crippen LogP contribution in [0.1, 0.15) is 29.0 Å². The summed E-state index contributed by atoms with van der Waals surface area (Å²) in [7, 11) is 3.41. The maximum Gasteiger partial charge on any atom is 0.254 e. The Balaban J connectivity index is 1.54. The van der Waals surface area contributed by atoms with Crippen LogP contribution in [0.4, 0.5) is 4.39 Å². The van der Waals surface area contributed by atoms with Gasteiger partial charge in [-0.3, -0.25) is 9.59 Å². The monoisotopic (exact) mass is 387 g/mol. The lowest BCUT2D eigenvalue weighted by molar-refractivity contribution is -0.178. The van der Waals surface area contributed by atoms with Gasteiger partial charge in [-0.05, 0) is 6.07 Å². The second-order valence-corrected chi connectivity index (χ2v) is 7.40. The van der Waals surface area contributed by atoms with E-state index in [2.05, 4.69) is 9.97 Å². The number of nitrogens with zero attached hydrogens (tertiary/aromatic N) is 5. The lowest BCUT2D eigenvalue weighted by Crippen LogP contribution is -2.54. The molecule has 0 radical (unpaired) electrons. The van der Waals surface area contributed by atoms with E-state index >= 15 is 0 Å². The van der Waals surface area contributed by atoms with Gasteiger partial charge in [-0.25, -0.2) is 9.97 Å². The highest BCUT2D eigenvalue weighted by Gasteiger charge is 2.47. The van der Waals surface area contributed by atoms with Crippen LogP contribution < -0.4 is 0 Å². The van der Waals surface area contributed by atoms with Crippen molar-refractivity contribution in [2.75, 3.05) is 27.2 Å². The Morgan fingerprint density at radius 2 is 2.00 bits per heavy atom. The molecular formula is C19H22FN5O3. The molecule has 9 heteroatoms. The van der Waals surface area contributed by atoms with Crippen LogP contribution in [0.5, 0.6) is 0 Å². The van der Waals surface area contributed by atoms with E-state index in [1.807, 2.05) is 10.8 Å². The number of fused-ring (bicyclic) bond motifs is 2. The topological polar surface area (TPSA) is 80.6 Å². The second kappa shape index (κ2) is 6.97. The quantitative estimate of drug-likeness (QED) is 0.720. The molecule has 2 aliphatic heterocycles. The van der Waals surface area contributed by atoms with Crippen molar-refractivity contribution in [2.24, 2.45) is 0 Å². The fourth-order valence-corrected chi connectivity index (χ4v) is 3.94. The smallest absolute Gasteiger partial charge is 0.254 e. The van der Waals surface area contributed by atoms with Gasteiger partial charge in [-0.2, -0.15) is 4.39 Å². The zero-order valence-corrected chi connectivity index (χ0v) is 15.8. The molecule has 28 heavy (non-hydrogen) atoms. The van der Waals surface area contributed by atoms with E-state index in [0.29, 0.717) is 32.5 Å². The molecule has 4 heterocycles. The maximum absolute atomic E-state index is 13.3. The van der Waals surface area contributed by atoms with Gasteiger partial charge in [0.15, 0.2) is 6.10 Å². The first-order valence-corrected chi connectivity index (χ1v) is 9.21. The van der Waals surface area contributed by atoms with Crippen LogP contribution in [0.2, 0.25) is 0 Å². The van der Waals surface area contributed by atoms with Crippen molar-refractivity contribution >= 4 is 11.8 Å². The number of carbonyl (C=O) groups excluding carboxylic acids is 2. The molecule has 0 aliphatic carbocycles. The highest BCUT2D eigenvalue weighted by molar-refractivity contribution is 5.94. The largest absolute Gasteiger partial charge is 0.352 e. The molecule has 1 unspecified atom stereocenters. The van der Waals surface area contributed by atoms with E-state index in [9.17, 15) is 14.0 Å². The Labute approximate surface area is 161 Å². The Bertz CT molecular complexity index is 904. The van der Waals surface area contributed by atoms with Gasteiger partial charge in [0, 0.05) is 70.2 Å². The number of rotatable bonds is 2. The van der Waals surface area contributed by atoms with Crippen molar-refractivity contribution < 1.29 is 18.7 Å². The summed E-state index contributed by atoms with van der Waals surface area (Å²) in [4.78, 5) is 36.3. The number of amides is 2. The molecule has 4 rings (SSSR count). The molecule has 0 N–H and O–H groups in total. The van der Waals surface area contributed by atoms with Crippen molar-refractivity contribution in [1.29, 1.82) is 0 Å². The van der Waals surface area contributed by atoms with Crippen LogP contribution in [0.15, 0.2) is 30.7 Å². The van der Waals surface area contributed by atoms with E-state index < -0.39 is 17.7 Å². The summed E-state index contributed by atoms with van der Waals surface area (Å²) in [6, 6.07) is 2.65. The van der Waals surface area contributed by atoms with Gasteiger partial charge in [0.1, 0.15) is 11.4 Å². The zero-order valence-electron chi connectivity index (χ0n) is 15.8. The SMILES string of the molecule is CN(C)C(=O)C1Cn2ccnc2C2(CCN(C(=O)c3ccnc(F)c3)CC2)O1.